The van der Waals surface area contributed by atoms with Crippen LogP contribution >= 0.6 is 32.1 Å². The van der Waals surface area contributed by atoms with Crippen LogP contribution in [0.15, 0.2) is 60.9 Å². The molecular formula is C17H18N2O4S3. The zero-order valence-electron chi connectivity index (χ0n) is 13.9. The molecule has 0 bridgehead atoms. The lowest BCUT2D eigenvalue weighted by atomic mass is 10.2. The number of hydrogen-bond acceptors (Lipinski definition) is 8. The summed E-state index contributed by atoms with van der Waals surface area (Å²) in [4.78, 5) is 0.912. The first-order valence-electron chi connectivity index (χ1n) is 7.46. The molecule has 0 saturated carbocycles. The van der Waals surface area contributed by atoms with Crippen molar-refractivity contribution in [1.29, 1.82) is 0 Å². The summed E-state index contributed by atoms with van der Waals surface area (Å²) < 4.78 is 12.0. The third kappa shape index (κ3) is 3.24. The average Bonchev–Trinajstić information content (AvgIpc) is 3.10. The number of phenolic OH excluding ortho intramolecular Hbond substituents is 2. The van der Waals surface area contributed by atoms with Gasteiger partial charge in [0.05, 0.1) is 10.8 Å². The second-order valence-corrected chi connectivity index (χ2v) is 12.1. The average molecular weight is 411 g/mol. The Labute approximate surface area is 158 Å². The van der Waals surface area contributed by atoms with Gasteiger partial charge in [-0.1, -0.05) is 56.2 Å². The van der Waals surface area contributed by atoms with Gasteiger partial charge in [0.1, 0.15) is 11.5 Å². The second kappa shape index (κ2) is 6.67. The monoisotopic (exact) mass is 410 g/mol. The largest absolute Gasteiger partial charge is 0.508 e. The minimum absolute atomic E-state index is 0.0152. The normalized spacial score (nSPS) is 13.3. The molecule has 9 heteroatoms. The molecule has 0 fully saturated rings. The number of benzene rings is 2. The molecule has 0 spiro atoms. The lowest BCUT2D eigenvalue weighted by Gasteiger charge is -2.38. The van der Waals surface area contributed by atoms with Gasteiger partial charge in [0.2, 0.25) is 0 Å². The van der Waals surface area contributed by atoms with Crippen LogP contribution in [0, 0.1) is 6.92 Å². The van der Waals surface area contributed by atoms with Crippen molar-refractivity contribution in [2.24, 2.45) is 0 Å². The molecule has 26 heavy (non-hydrogen) atoms. The molecule has 0 radical (unpaired) electrons. The Morgan fingerprint density at radius 2 is 1.81 bits per heavy atom. The molecule has 0 aliphatic heterocycles. The Hall–Kier alpha value is -1.91. The maximum atomic E-state index is 11.3. The predicted molar refractivity (Wildman–Crippen MR) is 106 cm³/mol. The topological polar surface area (TPSA) is 107 Å². The van der Waals surface area contributed by atoms with E-state index in [2.05, 4.69) is 16.1 Å². The molecule has 1 aromatic heterocycles. The van der Waals surface area contributed by atoms with Crippen molar-refractivity contribution in [2.45, 2.75) is 25.4 Å². The van der Waals surface area contributed by atoms with Crippen molar-refractivity contribution in [1.82, 2.24) is 10.2 Å². The molecule has 138 valence electrons. The number of hydrogen-bond donors (Lipinski definition) is 4. The summed E-state index contributed by atoms with van der Waals surface area (Å²) in [6, 6.07) is 11.6. The van der Waals surface area contributed by atoms with Crippen LogP contribution in [-0.4, -0.2) is 41.9 Å². The van der Waals surface area contributed by atoms with E-state index in [0.29, 0.717) is 19.7 Å². The van der Waals surface area contributed by atoms with Crippen molar-refractivity contribution in [3.05, 3.63) is 48.0 Å². The Morgan fingerprint density at radius 3 is 2.46 bits per heavy atom. The molecule has 1 heterocycles. The smallest absolute Gasteiger partial charge is 0.180 e. The van der Waals surface area contributed by atoms with Gasteiger partial charge in [0.15, 0.2) is 8.68 Å². The minimum Gasteiger partial charge on any atom is -0.508 e. The molecule has 0 saturated heterocycles. The third-order valence-corrected chi connectivity index (χ3v) is 9.95. The summed E-state index contributed by atoms with van der Waals surface area (Å²) in [6.45, 7) is 1.69. The van der Waals surface area contributed by atoms with Crippen molar-refractivity contribution < 1.29 is 19.9 Å². The van der Waals surface area contributed by atoms with Crippen LogP contribution < -0.4 is 0 Å². The number of aliphatic hydroxyl groups excluding tert-OH is 1. The Bertz CT molecular complexity index is 1020. The van der Waals surface area contributed by atoms with Gasteiger partial charge in [-0.3, -0.25) is 0 Å². The molecule has 4 N–H and O–H groups in total. The van der Waals surface area contributed by atoms with Gasteiger partial charge in [0, 0.05) is 4.90 Å². The van der Waals surface area contributed by atoms with Crippen LogP contribution in [0.1, 0.15) is 5.56 Å². The van der Waals surface area contributed by atoms with E-state index < -0.39 is 15.0 Å². The van der Waals surface area contributed by atoms with Crippen molar-refractivity contribution in [3.8, 4) is 11.5 Å². The summed E-state index contributed by atoms with van der Waals surface area (Å²) in [5.41, 5.74) is 0.561. The number of aromatic nitrogens is 2. The molecule has 3 aromatic rings. The highest BCUT2D eigenvalue weighted by molar-refractivity contribution is 8.43. The molecule has 0 unspecified atom stereocenters. The van der Waals surface area contributed by atoms with Crippen molar-refractivity contribution >= 4 is 38.0 Å². The standard InChI is InChI=1S/C17H18N2O4S3/c1-11-8-14(22)15(9-13(11)21)24-16-18-19-17(25-16)26(2,23,10-20)12-6-4-3-5-7-12/h3-9,20-23H,2,10H2,1H3. The van der Waals surface area contributed by atoms with Gasteiger partial charge in [-0.2, -0.15) is 0 Å². The molecule has 0 aliphatic carbocycles. The third-order valence-electron chi connectivity index (χ3n) is 3.85. The predicted octanol–water partition coefficient (Wildman–Crippen LogP) is 4.02. The van der Waals surface area contributed by atoms with E-state index in [-0.39, 0.29) is 15.8 Å². The number of nitrogens with zero attached hydrogens (tertiary/aromatic N) is 2. The molecule has 0 atom stereocenters. The summed E-state index contributed by atoms with van der Waals surface area (Å²) >= 11 is 2.21. The fraction of sp³-hybridized carbons (Fsp3) is 0.118. The fourth-order valence-corrected chi connectivity index (χ4v) is 6.96. The maximum Gasteiger partial charge on any atom is 0.180 e. The lowest BCUT2D eigenvalue weighted by Crippen LogP contribution is -2.13. The van der Waals surface area contributed by atoms with E-state index in [1.807, 2.05) is 6.07 Å². The van der Waals surface area contributed by atoms with Crippen LogP contribution in [0.5, 0.6) is 11.5 Å². The highest BCUT2D eigenvalue weighted by Gasteiger charge is 2.35. The van der Waals surface area contributed by atoms with E-state index >= 15 is 0 Å². The molecule has 3 rings (SSSR count). The number of aromatic hydroxyl groups is 2. The number of aryl methyl sites for hydroxylation is 1. The van der Waals surface area contributed by atoms with E-state index in [1.54, 1.807) is 31.2 Å². The first-order chi connectivity index (χ1) is 12.2. The number of aliphatic hydroxyl groups is 1. The van der Waals surface area contributed by atoms with Gasteiger partial charge in [-0.25, -0.2) is 0 Å². The number of rotatable bonds is 5. The first kappa shape index (κ1) is 18.9. The summed E-state index contributed by atoms with van der Waals surface area (Å²) in [5, 5.41) is 37.9. The maximum absolute atomic E-state index is 11.3. The Balaban J connectivity index is 2.00. The highest BCUT2D eigenvalue weighted by atomic mass is 32.3. The summed E-state index contributed by atoms with van der Waals surface area (Å²) in [7, 11) is -3.78. The van der Waals surface area contributed by atoms with E-state index in [9.17, 15) is 19.9 Å². The quantitative estimate of drug-likeness (QED) is 0.372. The van der Waals surface area contributed by atoms with Crippen LogP contribution in [-0.2, 0) is 0 Å². The Morgan fingerprint density at radius 1 is 1.12 bits per heavy atom. The SMILES string of the molecule is C=S(O)(CO)(c1ccccc1)c1nnc(Sc2cc(O)c(C)cc2O)s1. The zero-order chi connectivity index (χ0) is 19.0. The zero-order valence-corrected chi connectivity index (χ0v) is 16.3. The van der Waals surface area contributed by atoms with Gasteiger partial charge in [0.25, 0.3) is 0 Å². The van der Waals surface area contributed by atoms with Crippen molar-refractivity contribution in [2.75, 3.05) is 5.94 Å². The summed E-state index contributed by atoms with van der Waals surface area (Å²) in [6.07, 6.45) is 0. The van der Waals surface area contributed by atoms with Gasteiger partial charge in [-0.15, -0.1) is 10.2 Å². The van der Waals surface area contributed by atoms with E-state index in [1.165, 1.54) is 12.1 Å². The molecule has 2 aromatic carbocycles. The van der Waals surface area contributed by atoms with E-state index in [0.717, 1.165) is 23.1 Å². The summed E-state index contributed by atoms with van der Waals surface area (Å²) in [5.74, 6) is 3.45. The van der Waals surface area contributed by atoms with Crippen LogP contribution in [0.3, 0.4) is 0 Å². The van der Waals surface area contributed by atoms with Gasteiger partial charge in [-0.05, 0) is 36.8 Å². The van der Waals surface area contributed by atoms with Crippen molar-refractivity contribution in [3.63, 3.8) is 0 Å². The van der Waals surface area contributed by atoms with Crippen LogP contribution in [0.4, 0.5) is 0 Å². The highest BCUT2D eigenvalue weighted by Crippen LogP contribution is 2.67. The molecule has 0 aliphatic rings. The van der Waals surface area contributed by atoms with E-state index in [4.69, 9.17) is 0 Å². The number of phenols is 2. The fourth-order valence-electron chi connectivity index (χ4n) is 2.24. The van der Waals surface area contributed by atoms with Crippen LogP contribution in [0.2, 0.25) is 0 Å². The van der Waals surface area contributed by atoms with Gasteiger partial charge < -0.3 is 19.9 Å². The first-order valence-corrected chi connectivity index (χ1v) is 11.4. The second-order valence-electron chi connectivity index (χ2n) is 5.81. The minimum atomic E-state index is -3.78. The molecule has 0 amide bonds. The van der Waals surface area contributed by atoms with Gasteiger partial charge >= 0.3 is 0 Å². The lowest BCUT2D eigenvalue weighted by molar-refractivity contribution is 0.356. The molecular weight excluding hydrogens is 392 g/mol. The molecule has 6 nitrogen and oxygen atoms in total. The Kier molecular flexibility index (Phi) is 4.84. The van der Waals surface area contributed by atoms with Crippen LogP contribution in [0.25, 0.3) is 0 Å².